The maximum absolute atomic E-state index is 6.18. The van der Waals surface area contributed by atoms with Crippen LogP contribution in [0, 0.1) is 11.8 Å². The van der Waals surface area contributed by atoms with Gasteiger partial charge in [0.1, 0.15) is 0 Å². The van der Waals surface area contributed by atoms with Crippen LogP contribution in [0.3, 0.4) is 0 Å². The second-order valence-electron chi connectivity index (χ2n) is 4.31. The molecule has 0 saturated heterocycles. The lowest BCUT2D eigenvalue weighted by molar-refractivity contribution is 0.209. The average molecular weight is 153 g/mol. The van der Waals surface area contributed by atoms with E-state index in [2.05, 4.69) is 0 Å². The Balaban J connectivity index is 1.82. The molecule has 2 rings (SSSR count). The van der Waals surface area contributed by atoms with Crippen LogP contribution in [0.1, 0.15) is 44.9 Å². The van der Waals surface area contributed by atoms with Crippen molar-refractivity contribution in [2.45, 2.75) is 51.0 Å². The van der Waals surface area contributed by atoms with Crippen LogP contribution in [0.15, 0.2) is 0 Å². The first kappa shape index (κ1) is 7.60. The Morgan fingerprint density at radius 3 is 1.64 bits per heavy atom. The van der Waals surface area contributed by atoms with Crippen molar-refractivity contribution >= 4 is 0 Å². The molecule has 0 aromatic carbocycles. The first-order valence-corrected chi connectivity index (χ1v) is 5.13. The van der Waals surface area contributed by atoms with Gasteiger partial charge in [0.15, 0.2) is 0 Å². The summed E-state index contributed by atoms with van der Waals surface area (Å²) in [7, 11) is 0. The Kier molecular flexibility index (Phi) is 2.17. The third-order valence-corrected chi connectivity index (χ3v) is 3.64. The van der Waals surface area contributed by atoms with Gasteiger partial charge >= 0.3 is 0 Å². The quantitative estimate of drug-likeness (QED) is 0.647. The van der Waals surface area contributed by atoms with Crippen molar-refractivity contribution < 1.29 is 0 Å². The summed E-state index contributed by atoms with van der Waals surface area (Å²) in [6.07, 6.45) is 9.96. The van der Waals surface area contributed by atoms with Gasteiger partial charge in [-0.2, -0.15) is 0 Å². The highest BCUT2D eigenvalue weighted by atomic mass is 14.7. The SMILES string of the molecule is NC(C1CCCC1)C1CCC1. The molecule has 2 N–H and O–H groups in total. The standard InChI is InChI=1S/C10H19N/c11-10(9-6-3-7-9)8-4-1-2-5-8/h8-10H,1-7,11H2. The van der Waals surface area contributed by atoms with Gasteiger partial charge in [0.2, 0.25) is 0 Å². The van der Waals surface area contributed by atoms with E-state index in [0.717, 1.165) is 11.8 Å². The largest absolute Gasteiger partial charge is 0.327 e. The number of nitrogens with two attached hydrogens (primary N) is 1. The Morgan fingerprint density at radius 2 is 1.27 bits per heavy atom. The van der Waals surface area contributed by atoms with Crippen molar-refractivity contribution in [1.82, 2.24) is 0 Å². The summed E-state index contributed by atoms with van der Waals surface area (Å²) in [6.45, 7) is 0. The highest BCUT2D eigenvalue weighted by Crippen LogP contribution is 2.37. The van der Waals surface area contributed by atoms with E-state index in [4.69, 9.17) is 5.73 Å². The molecule has 1 atom stereocenters. The molecule has 64 valence electrons. The zero-order chi connectivity index (χ0) is 7.68. The second kappa shape index (κ2) is 3.14. The third kappa shape index (κ3) is 1.44. The molecule has 0 aromatic rings. The molecule has 0 amide bonds. The molecule has 1 nitrogen and oxygen atoms in total. The highest BCUT2D eigenvalue weighted by Gasteiger charge is 2.31. The maximum Gasteiger partial charge on any atom is 0.00956 e. The van der Waals surface area contributed by atoms with Crippen molar-refractivity contribution in [3.8, 4) is 0 Å². The van der Waals surface area contributed by atoms with Crippen LogP contribution < -0.4 is 5.73 Å². The summed E-state index contributed by atoms with van der Waals surface area (Å²) in [5.74, 6) is 1.79. The van der Waals surface area contributed by atoms with Crippen molar-refractivity contribution in [3.63, 3.8) is 0 Å². The molecule has 0 bridgehead atoms. The molecule has 2 fully saturated rings. The lowest BCUT2D eigenvalue weighted by atomic mass is 9.75. The molecule has 0 radical (unpaired) electrons. The lowest BCUT2D eigenvalue weighted by Crippen LogP contribution is -2.39. The van der Waals surface area contributed by atoms with E-state index in [1.54, 1.807) is 0 Å². The Bertz CT molecular complexity index is 123. The first-order chi connectivity index (χ1) is 5.38. The molecule has 2 aliphatic rings. The summed E-state index contributed by atoms with van der Waals surface area (Å²) in [4.78, 5) is 0. The van der Waals surface area contributed by atoms with E-state index in [1.807, 2.05) is 0 Å². The molecular formula is C10H19N. The predicted octanol–water partition coefficient (Wildman–Crippen LogP) is 2.30. The smallest absolute Gasteiger partial charge is 0.00956 e. The minimum Gasteiger partial charge on any atom is -0.327 e. The van der Waals surface area contributed by atoms with Crippen molar-refractivity contribution in [2.24, 2.45) is 17.6 Å². The van der Waals surface area contributed by atoms with Crippen LogP contribution in [0.4, 0.5) is 0 Å². The van der Waals surface area contributed by atoms with Crippen molar-refractivity contribution in [2.75, 3.05) is 0 Å². The summed E-state index contributed by atoms with van der Waals surface area (Å²) in [6, 6.07) is 0.561. The van der Waals surface area contributed by atoms with E-state index in [-0.39, 0.29) is 0 Å². The summed E-state index contributed by atoms with van der Waals surface area (Å²) >= 11 is 0. The number of hydrogen-bond donors (Lipinski definition) is 1. The van der Waals surface area contributed by atoms with E-state index in [0.29, 0.717) is 6.04 Å². The van der Waals surface area contributed by atoms with Gasteiger partial charge in [0.25, 0.3) is 0 Å². The van der Waals surface area contributed by atoms with Crippen LogP contribution >= 0.6 is 0 Å². The van der Waals surface area contributed by atoms with Crippen LogP contribution in [0.25, 0.3) is 0 Å². The van der Waals surface area contributed by atoms with Gasteiger partial charge in [-0.05, 0) is 37.5 Å². The highest BCUT2D eigenvalue weighted by molar-refractivity contribution is 4.87. The lowest BCUT2D eigenvalue weighted by Gasteiger charge is -2.34. The normalized spacial score (nSPS) is 30.3. The number of hydrogen-bond acceptors (Lipinski definition) is 1. The van der Waals surface area contributed by atoms with Gasteiger partial charge in [-0.25, -0.2) is 0 Å². The zero-order valence-electron chi connectivity index (χ0n) is 7.26. The van der Waals surface area contributed by atoms with E-state index in [1.165, 1.54) is 44.9 Å². The van der Waals surface area contributed by atoms with Crippen LogP contribution in [0.2, 0.25) is 0 Å². The van der Waals surface area contributed by atoms with Gasteiger partial charge in [-0.15, -0.1) is 0 Å². The molecule has 1 unspecified atom stereocenters. The zero-order valence-corrected chi connectivity index (χ0v) is 7.26. The van der Waals surface area contributed by atoms with E-state index in [9.17, 15) is 0 Å². The Morgan fingerprint density at radius 1 is 0.818 bits per heavy atom. The topological polar surface area (TPSA) is 26.0 Å². The maximum atomic E-state index is 6.18. The van der Waals surface area contributed by atoms with E-state index >= 15 is 0 Å². The Labute approximate surface area is 69.4 Å². The summed E-state index contributed by atoms with van der Waals surface area (Å²) in [5.41, 5.74) is 6.18. The molecule has 11 heavy (non-hydrogen) atoms. The minimum absolute atomic E-state index is 0.561. The predicted molar refractivity (Wildman–Crippen MR) is 47.3 cm³/mol. The summed E-state index contributed by atoms with van der Waals surface area (Å²) < 4.78 is 0. The molecule has 2 saturated carbocycles. The first-order valence-electron chi connectivity index (χ1n) is 5.13. The molecule has 0 spiro atoms. The molecule has 0 heterocycles. The molecule has 0 aromatic heterocycles. The molecule has 2 aliphatic carbocycles. The second-order valence-corrected chi connectivity index (χ2v) is 4.31. The van der Waals surface area contributed by atoms with Crippen molar-refractivity contribution in [3.05, 3.63) is 0 Å². The fourth-order valence-corrected chi connectivity index (χ4v) is 2.55. The van der Waals surface area contributed by atoms with Gasteiger partial charge in [0, 0.05) is 6.04 Å². The minimum atomic E-state index is 0.561. The number of rotatable bonds is 2. The van der Waals surface area contributed by atoms with Gasteiger partial charge < -0.3 is 5.73 Å². The van der Waals surface area contributed by atoms with Crippen LogP contribution in [-0.4, -0.2) is 6.04 Å². The van der Waals surface area contributed by atoms with Crippen molar-refractivity contribution in [1.29, 1.82) is 0 Å². The Hall–Kier alpha value is -0.0400. The monoisotopic (exact) mass is 153 g/mol. The third-order valence-electron chi connectivity index (χ3n) is 3.64. The fourth-order valence-electron chi connectivity index (χ4n) is 2.55. The summed E-state index contributed by atoms with van der Waals surface area (Å²) in [5, 5.41) is 0. The average Bonchev–Trinajstić information content (AvgIpc) is 2.32. The van der Waals surface area contributed by atoms with Gasteiger partial charge in [-0.3, -0.25) is 0 Å². The van der Waals surface area contributed by atoms with Crippen LogP contribution in [-0.2, 0) is 0 Å². The van der Waals surface area contributed by atoms with Gasteiger partial charge in [0.05, 0.1) is 0 Å². The van der Waals surface area contributed by atoms with Gasteiger partial charge in [-0.1, -0.05) is 19.3 Å². The molecular weight excluding hydrogens is 134 g/mol. The molecule has 0 aliphatic heterocycles. The van der Waals surface area contributed by atoms with Crippen LogP contribution in [0.5, 0.6) is 0 Å². The molecule has 1 heteroatoms. The fraction of sp³-hybridized carbons (Fsp3) is 1.00. The van der Waals surface area contributed by atoms with E-state index < -0.39 is 0 Å².